The molecule has 3 aliphatic heterocycles. The number of aliphatic hydroxyl groups is 4. The number of primary amides is 1. The molecule has 47 heavy (non-hydrogen) atoms. The van der Waals surface area contributed by atoms with Crippen LogP contribution in [0.25, 0.3) is 11.3 Å². The molecule has 2 aromatic carbocycles. The van der Waals surface area contributed by atoms with E-state index in [9.17, 15) is 40.2 Å². The highest BCUT2D eigenvalue weighted by atomic mass is 16.7. The Labute approximate surface area is 270 Å². The van der Waals surface area contributed by atoms with E-state index in [1.807, 2.05) is 12.3 Å². The lowest BCUT2D eigenvalue weighted by Gasteiger charge is -2.47. The van der Waals surface area contributed by atoms with Gasteiger partial charge in [-0.1, -0.05) is 32.1 Å². The normalized spacial score (nSPS) is 27.6. The van der Waals surface area contributed by atoms with Crippen molar-refractivity contribution in [2.45, 2.75) is 56.6 Å². The number of fused-ring (bicyclic) bond motifs is 1. The lowest BCUT2D eigenvalue weighted by atomic mass is 9.85. The number of carbonyl (C=O) groups excluding carboxylic acids is 1. The first-order chi connectivity index (χ1) is 22.3. The lowest BCUT2D eigenvalue weighted by Crippen LogP contribution is -2.71. The number of aliphatic hydroxyl groups excluding tert-OH is 3. The van der Waals surface area contributed by atoms with E-state index in [0.29, 0.717) is 18.7 Å². The van der Waals surface area contributed by atoms with Gasteiger partial charge in [0.05, 0.1) is 17.7 Å². The second kappa shape index (κ2) is 13.7. The molecule has 0 aliphatic carbocycles. The van der Waals surface area contributed by atoms with Crippen molar-refractivity contribution in [1.82, 2.24) is 5.32 Å². The Hall–Kier alpha value is -4.47. The zero-order valence-corrected chi connectivity index (χ0v) is 25.8. The summed E-state index contributed by atoms with van der Waals surface area (Å²) >= 11 is 0. The minimum atomic E-state index is -2.33. The minimum Gasteiger partial charge on any atom is -0.508 e. The number of hydrogen-bond acceptors (Lipinski definition) is 12. The number of aromatic hydroxyl groups is 1. The molecule has 14 heteroatoms. The van der Waals surface area contributed by atoms with Gasteiger partial charge in [-0.3, -0.25) is 9.79 Å². The number of ether oxygens (including phenoxy) is 3. The molecule has 7 atom stereocenters. The maximum Gasteiger partial charge on any atom is 0.335 e. The van der Waals surface area contributed by atoms with Gasteiger partial charge in [0.2, 0.25) is 12.4 Å². The Balaban J connectivity index is 1.41. The van der Waals surface area contributed by atoms with E-state index >= 15 is 0 Å². The number of phenols is 1. The maximum atomic E-state index is 12.4. The second-order valence-corrected chi connectivity index (χ2v) is 12.3. The number of nitrogens with two attached hydrogens (primary N) is 1. The molecule has 1 amide bonds. The van der Waals surface area contributed by atoms with Crippen LogP contribution in [0.3, 0.4) is 0 Å². The van der Waals surface area contributed by atoms with Crippen molar-refractivity contribution < 1.29 is 54.4 Å². The third-order valence-electron chi connectivity index (χ3n) is 8.69. The van der Waals surface area contributed by atoms with Crippen molar-refractivity contribution in [3.63, 3.8) is 0 Å². The Morgan fingerprint density at radius 2 is 1.87 bits per heavy atom. The number of nitrogens with zero attached hydrogens (tertiary/aromatic N) is 1. The molecule has 1 saturated heterocycles. The first-order valence-electron chi connectivity index (χ1n) is 15.2. The van der Waals surface area contributed by atoms with E-state index in [1.54, 1.807) is 0 Å². The summed E-state index contributed by atoms with van der Waals surface area (Å²) in [4.78, 5) is 28.5. The molecule has 3 aliphatic rings. The summed E-state index contributed by atoms with van der Waals surface area (Å²) in [5.74, 6) is -2.54. The lowest BCUT2D eigenvalue weighted by molar-refractivity contribution is -0.311. The van der Waals surface area contributed by atoms with E-state index in [-0.39, 0.29) is 52.5 Å². The molecule has 2 aromatic rings. The van der Waals surface area contributed by atoms with Crippen molar-refractivity contribution in [1.29, 1.82) is 0 Å². The van der Waals surface area contributed by atoms with Crippen LogP contribution in [0, 0.1) is 11.8 Å². The number of rotatable bonds is 12. The zero-order valence-electron chi connectivity index (χ0n) is 25.8. The van der Waals surface area contributed by atoms with E-state index in [4.69, 9.17) is 19.9 Å². The van der Waals surface area contributed by atoms with Crippen LogP contribution in [0.15, 0.2) is 59.1 Å². The highest BCUT2D eigenvalue weighted by molar-refractivity contribution is 6.03. The van der Waals surface area contributed by atoms with Gasteiger partial charge >= 0.3 is 5.97 Å². The van der Waals surface area contributed by atoms with Crippen molar-refractivity contribution >= 4 is 29.4 Å². The van der Waals surface area contributed by atoms with Crippen LogP contribution < -0.4 is 20.5 Å². The van der Waals surface area contributed by atoms with E-state index in [0.717, 1.165) is 12.0 Å². The van der Waals surface area contributed by atoms with Gasteiger partial charge in [-0.25, -0.2) is 4.79 Å². The number of carbonyl (C=O) groups is 2. The minimum absolute atomic E-state index is 0.0243. The number of benzene rings is 2. The van der Waals surface area contributed by atoms with Crippen LogP contribution in [0.2, 0.25) is 0 Å². The third kappa shape index (κ3) is 6.96. The average molecular weight is 654 g/mol. The van der Waals surface area contributed by atoms with Crippen molar-refractivity contribution in [3.05, 3.63) is 65.2 Å². The fourth-order valence-electron chi connectivity index (χ4n) is 5.86. The third-order valence-corrected chi connectivity index (χ3v) is 8.69. The predicted molar refractivity (Wildman–Crippen MR) is 169 cm³/mol. The summed E-state index contributed by atoms with van der Waals surface area (Å²) in [6.45, 7) is 4.80. The van der Waals surface area contributed by atoms with E-state index < -0.39 is 48.2 Å². The van der Waals surface area contributed by atoms with Gasteiger partial charge in [0.15, 0.2) is 11.7 Å². The number of carboxylic acid groups (broad SMARTS) is 1. The van der Waals surface area contributed by atoms with Gasteiger partial charge in [-0.05, 0) is 60.2 Å². The van der Waals surface area contributed by atoms with Crippen LogP contribution >= 0.6 is 0 Å². The van der Waals surface area contributed by atoms with Crippen molar-refractivity contribution in [3.8, 4) is 17.2 Å². The Morgan fingerprint density at radius 1 is 1.15 bits per heavy atom. The summed E-state index contributed by atoms with van der Waals surface area (Å²) < 4.78 is 17.3. The summed E-state index contributed by atoms with van der Waals surface area (Å²) in [6, 6.07) is 9.80. The monoisotopic (exact) mass is 653 g/mol. The van der Waals surface area contributed by atoms with Gasteiger partial charge in [-0.15, -0.1) is 0 Å². The van der Waals surface area contributed by atoms with Crippen LogP contribution in [-0.4, -0.2) is 105 Å². The first kappa shape index (κ1) is 33.9. The molecule has 0 bridgehead atoms. The molecule has 1 unspecified atom stereocenters. The zero-order chi connectivity index (χ0) is 34.0. The van der Waals surface area contributed by atoms with Crippen LogP contribution in [0.5, 0.6) is 17.2 Å². The molecule has 252 valence electrons. The summed E-state index contributed by atoms with van der Waals surface area (Å²) in [7, 11) is 0. The van der Waals surface area contributed by atoms with Crippen molar-refractivity contribution in [2.24, 2.45) is 22.6 Å². The van der Waals surface area contributed by atoms with Gasteiger partial charge < -0.3 is 55.9 Å². The number of hydrogen-bond donors (Lipinski definition) is 8. The summed E-state index contributed by atoms with van der Waals surface area (Å²) in [5, 5.41) is 67.0. The maximum absolute atomic E-state index is 12.4. The molecule has 9 N–H and O–H groups in total. The molecule has 1 fully saturated rings. The van der Waals surface area contributed by atoms with Crippen LogP contribution in [-0.2, 0) is 14.3 Å². The topological polar surface area (TPSA) is 234 Å². The molecule has 3 heterocycles. The summed E-state index contributed by atoms with van der Waals surface area (Å²) in [6.07, 6.45) is -4.55. The summed E-state index contributed by atoms with van der Waals surface area (Å²) in [5.41, 5.74) is 4.99. The number of allylic oxidation sites excluding steroid dienone is 1. The molecule has 0 saturated carbocycles. The fraction of sp³-hybridized carbons (Fsp3) is 0.424. The Bertz CT molecular complexity index is 1590. The Morgan fingerprint density at radius 3 is 2.49 bits per heavy atom. The standard InChI is InChI=1S/C33H39N3O11/c1-16(2)19(11-17-9-10-35-13-17)14-36-15-33(44)29(40)26(39)28(31(42)43)47-32(33)45-21-7-8-22-23(12-21)46-27(30(34)41)24(25(22)38)18-3-5-20(37)6-4-18/h3-9,12-13,16,19,26-29,32,36-40,44H,10-11,14-15H2,1-2H3,(H2,34,41)(H,42,43)/t19-,26+,27?,28-,29-,32+,33+/m0/s1. The molecular weight excluding hydrogens is 614 g/mol. The van der Waals surface area contributed by atoms with E-state index in [1.165, 1.54) is 42.5 Å². The van der Waals surface area contributed by atoms with Gasteiger partial charge in [0, 0.05) is 18.8 Å². The number of amides is 1. The molecule has 5 rings (SSSR count). The quantitative estimate of drug-likeness (QED) is 0.160. The van der Waals surface area contributed by atoms with Crippen LogP contribution in [0.4, 0.5) is 0 Å². The van der Waals surface area contributed by atoms with Gasteiger partial charge in [0.25, 0.3) is 5.91 Å². The number of nitrogens with one attached hydrogen (secondary N) is 1. The molecule has 0 radical (unpaired) electrons. The van der Waals surface area contributed by atoms with Crippen LogP contribution in [0.1, 0.15) is 31.4 Å². The molecule has 0 spiro atoms. The molecule has 14 nitrogen and oxygen atoms in total. The first-order valence-corrected chi connectivity index (χ1v) is 15.2. The number of aliphatic carboxylic acids is 1. The molecule has 0 aromatic heterocycles. The highest BCUT2D eigenvalue weighted by Crippen LogP contribution is 2.42. The van der Waals surface area contributed by atoms with Crippen molar-refractivity contribution in [2.75, 3.05) is 19.6 Å². The van der Waals surface area contributed by atoms with Gasteiger partial charge in [0.1, 0.15) is 35.2 Å². The predicted octanol–water partition coefficient (Wildman–Crippen LogP) is 0.969. The second-order valence-electron chi connectivity index (χ2n) is 12.3. The Kier molecular flexibility index (Phi) is 9.89. The number of aliphatic imine (C=N–C) groups is 1. The SMILES string of the molecule is CC(C)[C@H](CNC[C@]1(O)[C@H](Oc2ccc3c(c2)OC(C(N)=O)C(c2ccc(O)cc2)=C3O)O[C@H](C(=O)O)[C@@H](O)[C@@H]1O)CC1=CCN=C1. The molecular formula is C33H39N3O11. The highest BCUT2D eigenvalue weighted by Gasteiger charge is 2.58. The largest absolute Gasteiger partial charge is 0.508 e. The number of carboxylic acids is 1. The van der Waals surface area contributed by atoms with E-state index in [2.05, 4.69) is 24.2 Å². The average Bonchev–Trinajstić information content (AvgIpc) is 3.54. The smallest absolute Gasteiger partial charge is 0.335 e. The van der Waals surface area contributed by atoms with Gasteiger partial charge in [-0.2, -0.15) is 0 Å². The number of phenolic OH excluding ortho intramolecular Hbond substituents is 1. The fourth-order valence-corrected chi connectivity index (χ4v) is 5.86.